The van der Waals surface area contributed by atoms with Gasteiger partial charge in [-0.3, -0.25) is 4.79 Å². The third kappa shape index (κ3) is 4.74. The Balaban J connectivity index is 2.19. The van der Waals surface area contributed by atoms with Crippen LogP contribution in [-0.2, 0) is 23.7 Å². The first-order chi connectivity index (χ1) is 12.7. The maximum atomic E-state index is 11.4. The number of hydrogen-bond acceptors (Lipinski definition) is 11. The van der Waals surface area contributed by atoms with E-state index in [9.17, 15) is 35.4 Å². The van der Waals surface area contributed by atoms with Crippen molar-refractivity contribution in [1.82, 2.24) is 5.32 Å². The SMILES string of the molecule is CO[C@H]1O[C@@H](CO)[C@H](O[C@H]2O[C@@H](CO)[C@@H](O)[C@@H](O)[C@@H]2O)[C@@H](O)[C@@H]1NC(C)=O. The molecule has 0 unspecified atom stereocenters. The Morgan fingerprint density at radius 2 is 1.52 bits per heavy atom. The maximum absolute atomic E-state index is 11.4. The van der Waals surface area contributed by atoms with E-state index < -0.39 is 80.5 Å². The normalized spacial score (nSPS) is 45.5. The van der Waals surface area contributed by atoms with Gasteiger partial charge in [-0.05, 0) is 0 Å². The van der Waals surface area contributed by atoms with Crippen LogP contribution in [0.1, 0.15) is 6.92 Å². The molecule has 0 aromatic rings. The van der Waals surface area contributed by atoms with Crippen LogP contribution in [0.25, 0.3) is 0 Å². The molecule has 27 heavy (non-hydrogen) atoms. The Labute approximate surface area is 155 Å². The molecule has 0 saturated carbocycles. The van der Waals surface area contributed by atoms with Gasteiger partial charge in [0.15, 0.2) is 12.6 Å². The van der Waals surface area contributed by atoms with Crippen molar-refractivity contribution in [3.63, 3.8) is 0 Å². The average molecular weight is 397 g/mol. The largest absolute Gasteiger partial charge is 0.394 e. The molecule has 1 amide bonds. The quantitative estimate of drug-likeness (QED) is 0.228. The highest BCUT2D eigenvalue weighted by Gasteiger charge is 2.51. The molecular formula is C15H27NO11. The molecule has 2 rings (SSSR count). The van der Waals surface area contributed by atoms with Crippen molar-refractivity contribution >= 4 is 5.91 Å². The van der Waals surface area contributed by atoms with E-state index in [1.807, 2.05) is 0 Å². The summed E-state index contributed by atoms with van der Waals surface area (Å²) in [7, 11) is 1.29. The van der Waals surface area contributed by atoms with E-state index in [1.54, 1.807) is 0 Å². The molecule has 2 saturated heterocycles. The number of carbonyl (C=O) groups excluding carboxylic acids is 1. The lowest BCUT2D eigenvalue weighted by atomic mass is 9.95. The van der Waals surface area contributed by atoms with E-state index >= 15 is 0 Å². The number of carbonyl (C=O) groups is 1. The molecule has 0 bridgehead atoms. The molecule has 12 heteroatoms. The van der Waals surface area contributed by atoms with Gasteiger partial charge in [-0.25, -0.2) is 0 Å². The zero-order valence-corrected chi connectivity index (χ0v) is 14.9. The molecule has 2 heterocycles. The van der Waals surface area contributed by atoms with Crippen LogP contribution < -0.4 is 5.32 Å². The van der Waals surface area contributed by atoms with Crippen molar-refractivity contribution in [3.05, 3.63) is 0 Å². The second-order valence-corrected chi connectivity index (χ2v) is 6.48. The van der Waals surface area contributed by atoms with Crippen molar-refractivity contribution < 1.29 is 54.4 Å². The summed E-state index contributed by atoms with van der Waals surface area (Å²) in [5.41, 5.74) is 0. The monoisotopic (exact) mass is 397 g/mol. The van der Waals surface area contributed by atoms with Gasteiger partial charge in [0.25, 0.3) is 0 Å². The van der Waals surface area contributed by atoms with Crippen LogP contribution in [0.15, 0.2) is 0 Å². The second-order valence-electron chi connectivity index (χ2n) is 6.48. The molecule has 2 aliphatic rings. The summed E-state index contributed by atoms with van der Waals surface area (Å²) in [5.74, 6) is -0.473. The zero-order valence-electron chi connectivity index (χ0n) is 14.9. The Bertz CT molecular complexity index is 492. The first-order valence-electron chi connectivity index (χ1n) is 8.45. The highest BCUT2D eigenvalue weighted by atomic mass is 16.7. The smallest absolute Gasteiger partial charge is 0.217 e. The summed E-state index contributed by atoms with van der Waals surface area (Å²) in [6.07, 6.45) is -12.6. The van der Waals surface area contributed by atoms with Crippen molar-refractivity contribution in [2.24, 2.45) is 0 Å². The fraction of sp³-hybridized carbons (Fsp3) is 0.933. The van der Waals surface area contributed by atoms with Gasteiger partial charge in [-0.2, -0.15) is 0 Å². The summed E-state index contributed by atoms with van der Waals surface area (Å²) < 4.78 is 21.3. The fourth-order valence-electron chi connectivity index (χ4n) is 3.16. The highest BCUT2D eigenvalue weighted by molar-refractivity contribution is 5.73. The lowest BCUT2D eigenvalue weighted by Gasteiger charge is -2.46. The molecule has 0 radical (unpaired) electrons. The number of hydrogen-bond donors (Lipinski definition) is 7. The Hall–Kier alpha value is -0.930. The number of rotatable bonds is 6. The van der Waals surface area contributed by atoms with Gasteiger partial charge in [-0.1, -0.05) is 0 Å². The van der Waals surface area contributed by atoms with Crippen LogP contribution >= 0.6 is 0 Å². The standard InChI is InChI=1S/C15H27NO11/c1-5(19)16-8-10(21)13(7(4-18)26-14(8)24-2)27-15-12(23)11(22)9(20)6(3-17)25-15/h6-15,17-18,20-23H,3-4H2,1-2H3,(H,16,19)/t6-,7-,8-,9+,10-,11+,12-,13-,14-,15+/m0/s1. The molecule has 0 aromatic carbocycles. The first-order valence-corrected chi connectivity index (χ1v) is 8.45. The van der Waals surface area contributed by atoms with Crippen molar-refractivity contribution in [1.29, 1.82) is 0 Å². The third-order valence-electron chi connectivity index (χ3n) is 4.59. The Morgan fingerprint density at radius 3 is 2.04 bits per heavy atom. The van der Waals surface area contributed by atoms with Gasteiger partial charge in [0, 0.05) is 14.0 Å². The Morgan fingerprint density at radius 1 is 0.926 bits per heavy atom. The van der Waals surface area contributed by atoms with Crippen LogP contribution in [0.3, 0.4) is 0 Å². The zero-order chi connectivity index (χ0) is 20.3. The molecule has 2 aliphatic heterocycles. The summed E-state index contributed by atoms with van der Waals surface area (Å²) in [4.78, 5) is 11.4. The maximum Gasteiger partial charge on any atom is 0.217 e. The highest BCUT2D eigenvalue weighted by Crippen LogP contribution is 2.29. The van der Waals surface area contributed by atoms with Crippen LogP contribution in [0.5, 0.6) is 0 Å². The van der Waals surface area contributed by atoms with Gasteiger partial charge < -0.3 is 54.9 Å². The number of aliphatic hydroxyl groups is 6. The van der Waals surface area contributed by atoms with Gasteiger partial charge >= 0.3 is 0 Å². The molecule has 0 aliphatic carbocycles. The van der Waals surface area contributed by atoms with E-state index in [1.165, 1.54) is 14.0 Å². The summed E-state index contributed by atoms with van der Waals surface area (Å²) in [5, 5.41) is 61.6. The minimum atomic E-state index is -1.70. The van der Waals surface area contributed by atoms with E-state index in [2.05, 4.69) is 5.32 Å². The first kappa shape index (κ1) is 22.4. The van der Waals surface area contributed by atoms with Crippen molar-refractivity contribution in [3.8, 4) is 0 Å². The van der Waals surface area contributed by atoms with Crippen LogP contribution in [-0.4, -0.2) is 118 Å². The number of aliphatic hydroxyl groups excluding tert-OH is 6. The van der Waals surface area contributed by atoms with Gasteiger partial charge in [0.05, 0.1) is 13.2 Å². The molecule has 12 nitrogen and oxygen atoms in total. The fourth-order valence-corrected chi connectivity index (χ4v) is 3.16. The molecular weight excluding hydrogens is 370 g/mol. The van der Waals surface area contributed by atoms with Crippen molar-refractivity contribution in [2.75, 3.05) is 20.3 Å². The number of nitrogens with one attached hydrogen (secondary N) is 1. The predicted octanol–water partition coefficient (Wildman–Crippen LogP) is -4.60. The van der Waals surface area contributed by atoms with E-state index in [-0.39, 0.29) is 0 Å². The van der Waals surface area contributed by atoms with Crippen LogP contribution in [0.4, 0.5) is 0 Å². The summed E-state index contributed by atoms with van der Waals surface area (Å²) in [6.45, 7) is -0.0188. The number of ether oxygens (including phenoxy) is 4. The molecule has 158 valence electrons. The molecule has 10 atom stereocenters. The van der Waals surface area contributed by atoms with E-state index in [0.29, 0.717) is 0 Å². The number of methoxy groups -OCH3 is 1. The minimum Gasteiger partial charge on any atom is -0.394 e. The third-order valence-corrected chi connectivity index (χ3v) is 4.59. The summed E-state index contributed by atoms with van der Waals surface area (Å²) in [6, 6.07) is -1.05. The lowest BCUT2D eigenvalue weighted by molar-refractivity contribution is -0.346. The summed E-state index contributed by atoms with van der Waals surface area (Å²) >= 11 is 0. The topological polar surface area (TPSA) is 187 Å². The van der Waals surface area contributed by atoms with Gasteiger partial charge in [-0.15, -0.1) is 0 Å². The predicted molar refractivity (Wildman–Crippen MR) is 85.0 cm³/mol. The average Bonchev–Trinajstić information content (AvgIpc) is 2.64. The lowest BCUT2D eigenvalue weighted by Crippen LogP contribution is -2.67. The van der Waals surface area contributed by atoms with Crippen LogP contribution in [0, 0.1) is 0 Å². The minimum absolute atomic E-state index is 0.473. The van der Waals surface area contributed by atoms with Crippen molar-refractivity contribution in [2.45, 2.75) is 68.3 Å². The van der Waals surface area contributed by atoms with E-state index in [0.717, 1.165) is 0 Å². The van der Waals surface area contributed by atoms with Gasteiger partial charge in [0.1, 0.15) is 48.8 Å². The molecule has 0 aromatic heterocycles. The second kappa shape index (κ2) is 9.52. The molecule has 2 fully saturated rings. The van der Waals surface area contributed by atoms with Crippen LogP contribution in [0.2, 0.25) is 0 Å². The van der Waals surface area contributed by atoms with E-state index in [4.69, 9.17) is 18.9 Å². The Kier molecular flexibility index (Phi) is 7.88. The van der Waals surface area contributed by atoms with Gasteiger partial charge in [0.2, 0.25) is 5.91 Å². The molecule has 7 N–H and O–H groups in total. The number of amides is 1. The molecule has 0 spiro atoms.